The molecule has 0 bridgehead atoms. The van der Waals surface area contributed by atoms with Crippen LogP contribution in [0.2, 0.25) is 0 Å². The summed E-state index contributed by atoms with van der Waals surface area (Å²) in [5.74, 6) is 0.136. The predicted molar refractivity (Wildman–Crippen MR) is 132 cm³/mol. The number of aromatic hydroxyl groups is 1. The van der Waals surface area contributed by atoms with Crippen LogP contribution in [-0.2, 0) is 10.0 Å². The lowest BCUT2D eigenvalue weighted by molar-refractivity contribution is 0.469. The quantitative estimate of drug-likeness (QED) is 0.322. The molecule has 4 rings (SSSR count). The Morgan fingerprint density at radius 1 is 0.781 bits per heavy atom. The lowest BCUT2D eigenvalue weighted by Crippen LogP contribution is -2.15. The summed E-state index contributed by atoms with van der Waals surface area (Å²) in [4.78, 5) is 1.80. The van der Waals surface area contributed by atoms with Crippen molar-refractivity contribution in [2.24, 2.45) is 0 Å². The summed E-state index contributed by atoms with van der Waals surface area (Å²) in [6, 6.07) is 20.5. The summed E-state index contributed by atoms with van der Waals surface area (Å²) < 4.78 is 29.5. The molecule has 0 radical (unpaired) electrons. The summed E-state index contributed by atoms with van der Waals surface area (Å²) in [6.45, 7) is 7.69. The average molecular weight is 464 g/mol. The molecule has 4 aromatic carbocycles. The zero-order valence-electron chi connectivity index (χ0n) is 18.4. The van der Waals surface area contributed by atoms with Crippen molar-refractivity contribution in [2.45, 2.75) is 42.4 Å². The van der Waals surface area contributed by atoms with Gasteiger partial charge in [-0.15, -0.1) is 0 Å². The number of nitrogens with one attached hydrogen (secondary N) is 1. The average Bonchev–Trinajstić information content (AvgIpc) is 2.75. The minimum Gasteiger partial charge on any atom is -0.506 e. The molecular weight excluding hydrogens is 438 g/mol. The molecule has 0 spiro atoms. The molecule has 0 unspecified atom stereocenters. The summed E-state index contributed by atoms with van der Waals surface area (Å²) in [7, 11) is -3.82. The van der Waals surface area contributed by atoms with Crippen LogP contribution in [0.1, 0.15) is 22.3 Å². The van der Waals surface area contributed by atoms with E-state index >= 15 is 0 Å². The van der Waals surface area contributed by atoms with E-state index in [1.807, 2.05) is 63.2 Å². The van der Waals surface area contributed by atoms with Gasteiger partial charge in [-0.2, -0.15) is 0 Å². The molecular formula is C26H25NO3S2. The number of aryl methyl sites for hydroxylation is 4. The number of benzene rings is 4. The minimum atomic E-state index is -3.82. The Kier molecular flexibility index (Phi) is 5.93. The van der Waals surface area contributed by atoms with E-state index in [-0.39, 0.29) is 10.6 Å². The maximum atomic E-state index is 13.3. The Labute approximate surface area is 193 Å². The van der Waals surface area contributed by atoms with E-state index in [2.05, 4.69) is 4.72 Å². The van der Waals surface area contributed by atoms with Gasteiger partial charge in [0.2, 0.25) is 0 Å². The Morgan fingerprint density at radius 2 is 1.41 bits per heavy atom. The van der Waals surface area contributed by atoms with Crippen LogP contribution in [0.5, 0.6) is 5.75 Å². The monoisotopic (exact) mass is 463 g/mol. The van der Waals surface area contributed by atoms with Crippen LogP contribution in [-0.4, -0.2) is 13.5 Å². The first kappa shape index (κ1) is 22.2. The molecule has 0 aliphatic carbocycles. The zero-order valence-corrected chi connectivity index (χ0v) is 20.1. The maximum absolute atomic E-state index is 13.3. The molecule has 4 nitrogen and oxygen atoms in total. The summed E-state index contributed by atoms with van der Waals surface area (Å²) in [6.07, 6.45) is 0. The molecule has 4 aromatic rings. The normalized spacial score (nSPS) is 11.6. The molecule has 0 atom stereocenters. The number of anilines is 1. The third kappa shape index (κ3) is 4.33. The largest absolute Gasteiger partial charge is 0.506 e. The topological polar surface area (TPSA) is 66.4 Å². The van der Waals surface area contributed by atoms with Gasteiger partial charge in [0.25, 0.3) is 10.0 Å². The third-order valence-corrected chi connectivity index (χ3v) is 8.10. The van der Waals surface area contributed by atoms with E-state index < -0.39 is 10.0 Å². The van der Waals surface area contributed by atoms with Crippen molar-refractivity contribution in [2.75, 3.05) is 4.72 Å². The van der Waals surface area contributed by atoms with Crippen molar-refractivity contribution in [1.29, 1.82) is 0 Å². The molecule has 0 saturated carbocycles. The van der Waals surface area contributed by atoms with Gasteiger partial charge in [0.15, 0.2) is 0 Å². The molecule has 0 aromatic heterocycles. The predicted octanol–water partition coefficient (Wildman–Crippen LogP) is 6.73. The van der Waals surface area contributed by atoms with Crippen LogP contribution in [0.25, 0.3) is 10.8 Å². The molecule has 0 aliphatic rings. The number of phenolic OH excluding ortho intramolecular Hbond substituents is 1. The smallest absolute Gasteiger partial charge is 0.262 e. The second kappa shape index (κ2) is 8.52. The zero-order chi connectivity index (χ0) is 23.0. The highest BCUT2D eigenvalue weighted by Gasteiger charge is 2.21. The van der Waals surface area contributed by atoms with Crippen molar-refractivity contribution >= 4 is 38.2 Å². The van der Waals surface area contributed by atoms with Crippen molar-refractivity contribution in [3.8, 4) is 5.75 Å². The second-order valence-corrected chi connectivity index (χ2v) is 10.8. The lowest BCUT2D eigenvalue weighted by Gasteiger charge is -2.16. The number of sulfonamides is 1. The first-order valence-electron chi connectivity index (χ1n) is 10.3. The second-order valence-electron chi connectivity index (χ2n) is 8.04. The Balaban J connectivity index is 1.82. The SMILES string of the molecule is Cc1ccc(Sc2cc(NS(=O)(=O)c3cc(C)c(C)cc3C)c3ccccc3c2O)cc1. The first-order valence-corrected chi connectivity index (χ1v) is 12.6. The fourth-order valence-electron chi connectivity index (χ4n) is 3.65. The van der Waals surface area contributed by atoms with Crippen LogP contribution < -0.4 is 4.72 Å². The van der Waals surface area contributed by atoms with Crippen LogP contribution in [0.3, 0.4) is 0 Å². The third-order valence-electron chi connectivity index (χ3n) is 5.56. The number of phenols is 1. The molecule has 0 saturated heterocycles. The standard InChI is InChI=1S/C26H25NO3S2/c1-16-9-11-20(12-10-16)31-24-15-23(21-7-5-6-8-22(21)26(24)28)27-32(29,30)25-14-18(3)17(2)13-19(25)4/h5-15,27-28H,1-4H3. The molecule has 32 heavy (non-hydrogen) atoms. The van der Waals surface area contributed by atoms with E-state index in [0.29, 0.717) is 26.9 Å². The molecule has 0 aliphatic heterocycles. The van der Waals surface area contributed by atoms with Crippen LogP contribution >= 0.6 is 11.8 Å². The number of hydrogen-bond donors (Lipinski definition) is 2. The van der Waals surface area contributed by atoms with Crippen molar-refractivity contribution in [3.63, 3.8) is 0 Å². The van der Waals surface area contributed by atoms with Gasteiger partial charge in [0, 0.05) is 15.7 Å². The van der Waals surface area contributed by atoms with Gasteiger partial charge < -0.3 is 5.11 Å². The van der Waals surface area contributed by atoms with E-state index in [1.165, 1.54) is 11.8 Å². The van der Waals surface area contributed by atoms with E-state index in [0.717, 1.165) is 21.6 Å². The molecule has 164 valence electrons. The highest BCUT2D eigenvalue weighted by molar-refractivity contribution is 7.99. The first-order chi connectivity index (χ1) is 15.2. The Morgan fingerprint density at radius 3 is 2.09 bits per heavy atom. The number of hydrogen-bond acceptors (Lipinski definition) is 4. The maximum Gasteiger partial charge on any atom is 0.262 e. The summed E-state index contributed by atoms with van der Waals surface area (Å²) >= 11 is 1.40. The van der Waals surface area contributed by atoms with Gasteiger partial charge >= 0.3 is 0 Å². The Hall–Kier alpha value is -2.96. The highest BCUT2D eigenvalue weighted by Crippen LogP contribution is 2.43. The lowest BCUT2D eigenvalue weighted by atomic mass is 10.1. The van der Waals surface area contributed by atoms with Gasteiger partial charge in [-0.25, -0.2) is 8.42 Å². The fourth-order valence-corrected chi connectivity index (χ4v) is 5.95. The van der Waals surface area contributed by atoms with Gasteiger partial charge in [-0.1, -0.05) is 59.8 Å². The summed E-state index contributed by atoms with van der Waals surface area (Å²) in [5.41, 5.74) is 4.24. The minimum absolute atomic E-state index is 0.136. The van der Waals surface area contributed by atoms with E-state index in [4.69, 9.17) is 0 Å². The molecule has 0 fully saturated rings. The summed E-state index contributed by atoms with van der Waals surface area (Å²) in [5, 5.41) is 12.2. The Bertz CT molecular complexity index is 1430. The number of fused-ring (bicyclic) bond motifs is 1. The van der Waals surface area contributed by atoms with Gasteiger partial charge in [-0.05, 0) is 68.7 Å². The van der Waals surface area contributed by atoms with Crippen molar-refractivity contribution in [1.82, 2.24) is 0 Å². The van der Waals surface area contributed by atoms with Crippen LogP contribution in [0.15, 0.2) is 81.4 Å². The van der Waals surface area contributed by atoms with E-state index in [1.54, 1.807) is 31.2 Å². The van der Waals surface area contributed by atoms with Crippen molar-refractivity contribution in [3.05, 3.63) is 89.0 Å². The van der Waals surface area contributed by atoms with E-state index in [9.17, 15) is 13.5 Å². The van der Waals surface area contributed by atoms with Gasteiger partial charge in [0.1, 0.15) is 5.75 Å². The molecule has 6 heteroatoms. The molecule has 2 N–H and O–H groups in total. The van der Waals surface area contributed by atoms with Crippen LogP contribution in [0, 0.1) is 27.7 Å². The van der Waals surface area contributed by atoms with Crippen molar-refractivity contribution < 1.29 is 13.5 Å². The van der Waals surface area contributed by atoms with Crippen LogP contribution in [0.4, 0.5) is 5.69 Å². The fraction of sp³-hybridized carbons (Fsp3) is 0.154. The molecule has 0 heterocycles. The van der Waals surface area contributed by atoms with Gasteiger partial charge in [0.05, 0.1) is 15.5 Å². The van der Waals surface area contributed by atoms with Gasteiger partial charge in [-0.3, -0.25) is 4.72 Å². The number of rotatable bonds is 5. The molecule has 0 amide bonds. The highest BCUT2D eigenvalue weighted by atomic mass is 32.2.